The molecule has 104 valence electrons. The first-order chi connectivity index (χ1) is 9.01. The summed E-state index contributed by atoms with van der Waals surface area (Å²) in [4.78, 5) is 4.18. The van der Waals surface area contributed by atoms with Crippen LogP contribution in [-0.4, -0.2) is 29.1 Å². The van der Waals surface area contributed by atoms with Gasteiger partial charge in [0.05, 0.1) is 6.61 Å². The summed E-state index contributed by atoms with van der Waals surface area (Å²) in [6.07, 6.45) is -0.550. The van der Waals surface area contributed by atoms with E-state index in [-0.39, 0.29) is 6.54 Å². The Morgan fingerprint density at radius 2 is 2.16 bits per heavy atom. The van der Waals surface area contributed by atoms with Crippen molar-refractivity contribution in [2.24, 2.45) is 5.73 Å². The summed E-state index contributed by atoms with van der Waals surface area (Å²) in [6, 6.07) is 3.67. The van der Waals surface area contributed by atoms with Crippen LogP contribution in [0.5, 0.6) is 0 Å². The van der Waals surface area contributed by atoms with Crippen molar-refractivity contribution in [3.05, 3.63) is 30.1 Å². The van der Waals surface area contributed by atoms with Gasteiger partial charge in [-0.3, -0.25) is 4.74 Å². The average Bonchev–Trinajstić information content (AvgIpc) is 2.68. The standard InChI is InChI=1S/C12H14F3N3O/c13-12(14,15)19-7-6-18-8-9(3-4-16)10-2-1-5-17-11(10)18/h1-2,5,8H,3-4,6-7,16H2. The summed E-state index contributed by atoms with van der Waals surface area (Å²) in [6.45, 7) is 0.135. The zero-order chi connectivity index (χ0) is 13.9. The molecule has 0 aliphatic heterocycles. The number of halogens is 3. The van der Waals surface area contributed by atoms with Crippen LogP contribution in [0.3, 0.4) is 0 Å². The maximum Gasteiger partial charge on any atom is 0.522 e. The van der Waals surface area contributed by atoms with E-state index in [1.54, 1.807) is 23.0 Å². The van der Waals surface area contributed by atoms with Crippen LogP contribution in [0.4, 0.5) is 13.2 Å². The average molecular weight is 273 g/mol. The van der Waals surface area contributed by atoms with Gasteiger partial charge < -0.3 is 10.3 Å². The van der Waals surface area contributed by atoms with Crippen molar-refractivity contribution in [1.82, 2.24) is 9.55 Å². The Balaban J connectivity index is 2.18. The van der Waals surface area contributed by atoms with Crippen molar-refractivity contribution in [2.45, 2.75) is 19.3 Å². The van der Waals surface area contributed by atoms with E-state index < -0.39 is 13.0 Å². The molecule has 0 aromatic carbocycles. The molecule has 0 unspecified atom stereocenters. The fourth-order valence-electron chi connectivity index (χ4n) is 1.98. The van der Waals surface area contributed by atoms with Crippen LogP contribution >= 0.6 is 0 Å². The van der Waals surface area contributed by atoms with Crippen LogP contribution in [0.25, 0.3) is 11.0 Å². The van der Waals surface area contributed by atoms with Crippen LogP contribution < -0.4 is 5.73 Å². The van der Waals surface area contributed by atoms with E-state index in [2.05, 4.69) is 9.72 Å². The third-order valence-electron chi connectivity index (χ3n) is 2.73. The van der Waals surface area contributed by atoms with Gasteiger partial charge in [0.15, 0.2) is 0 Å². The second-order valence-electron chi connectivity index (χ2n) is 4.06. The molecule has 19 heavy (non-hydrogen) atoms. The highest BCUT2D eigenvalue weighted by Gasteiger charge is 2.28. The van der Waals surface area contributed by atoms with Crippen LogP contribution in [-0.2, 0) is 17.7 Å². The molecule has 0 radical (unpaired) electrons. The van der Waals surface area contributed by atoms with Crippen molar-refractivity contribution in [2.75, 3.05) is 13.2 Å². The number of hydrogen-bond donors (Lipinski definition) is 1. The molecule has 2 N–H and O–H groups in total. The fraction of sp³-hybridized carbons (Fsp3) is 0.417. The molecule has 0 bridgehead atoms. The molecule has 2 heterocycles. The summed E-state index contributed by atoms with van der Waals surface area (Å²) in [5.74, 6) is 0. The van der Waals surface area contributed by atoms with Gasteiger partial charge in [-0.05, 0) is 30.7 Å². The second kappa shape index (κ2) is 5.58. The lowest BCUT2D eigenvalue weighted by Gasteiger charge is -2.08. The SMILES string of the molecule is NCCc1cn(CCOC(F)(F)F)c2ncccc12. The normalized spacial score (nSPS) is 12.2. The molecule has 0 saturated carbocycles. The Labute approximate surface area is 108 Å². The lowest BCUT2D eigenvalue weighted by atomic mass is 10.2. The van der Waals surface area contributed by atoms with Crippen LogP contribution in [0.1, 0.15) is 5.56 Å². The van der Waals surface area contributed by atoms with Gasteiger partial charge in [0, 0.05) is 24.3 Å². The lowest BCUT2D eigenvalue weighted by Crippen LogP contribution is -2.17. The molecule has 0 saturated heterocycles. The molecule has 0 spiro atoms. The predicted molar refractivity (Wildman–Crippen MR) is 64.5 cm³/mol. The number of alkyl halides is 3. The highest BCUT2D eigenvalue weighted by Crippen LogP contribution is 2.20. The topological polar surface area (TPSA) is 53.1 Å². The molecule has 7 heteroatoms. The highest BCUT2D eigenvalue weighted by atomic mass is 19.4. The molecule has 2 aromatic rings. The molecule has 2 aromatic heterocycles. The van der Waals surface area contributed by atoms with Gasteiger partial charge in [-0.15, -0.1) is 13.2 Å². The fourth-order valence-corrected chi connectivity index (χ4v) is 1.98. The first-order valence-corrected chi connectivity index (χ1v) is 5.85. The van der Waals surface area contributed by atoms with Crippen molar-refractivity contribution < 1.29 is 17.9 Å². The molecule has 0 aliphatic carbocycles. The summed E-state index contributed by atoms with van der Waals surface area (Å²) in [5.41, 5.74) is 7.15. The number of nitrogens with zero attached hydrogens (tertiary/aromatic N) is 2. The van der Waals surface area contributed by atoms with Crippen LogP contribution in [0, 0.1) is 0 Å². The molecule has 2 rings (SSSR count). The van der Waals surface area contributed by atoms with Crippen molar-refractivity contribution >= 4 is 11.0 Å². The number of fused-ring (bicyclic) bond motifs is 1. The Morgan fingerprint density at radius 3 is 2.84 bits per heavy atom. The predicted octanol–water partition coefficient (Wildman–Crippen LogP) is 2.07. The minimum atomic E-state index is -4.60. The van der Waals surface area contributed by atoms with Gasteiger partial charge in [-0.25, -0.2) is 4.98 Å². The third-order valence-corrected chi connectivity index (χ3v) is 2.73. The lowest BCUT2D eigenvalue weighted by molar-refractivity contribution is -0.325. The smallest absolute Gasteiger partial charge is 0.330 e. The van der Waals surface area contributed by atoms with Gasteiger partial charge in [-0.1, -0.05) is 0 Å². The molecule has 0 aliphatic rings. The monoisotopic (exact) mass is 273 g/mol. The molecular formula is C12H14F3N3O. The molecule has 0 atom stereocenters. The zero-order valence-electron chi connectivity index (χ0n) is 10.2. The van der Waals surface area contributed by atoms with Crippen molar-refractivity contribution in [3.63, 3.8) is 0 Å². The Morgan fingerprint density at radius 1 is 1.37 bits per heavy atom. The van der Waals surface area contributed by atoms with Gasteiger partial charge in [-0.2, -0.15) is 0 Å². The Kier molecular flexibility index (Phi) is 4.06. The molecular weight excluding hydrogens is 259 g/mol. The van der Waals surface area contributed by atoms with E-state index in [1.807, 2.05) is 6.07 Å². The summed E-state index contributed by atoms with van der Waals surface area (Å²) >= 11 is 0. The highest BCUT2D eigenvalue weighted by molar-refractivity contribution is 5.80. The van der Waals surface area contributed by atoms with E-state index in [0.717, 1.165) is 10.9 Å². The number of hydrogen-bond acceptors (Lipinski definition) is 3. The zero-order valence-corrected chi connectivity index (χ0v) is 10.2. The number of ether oxygens (including phenoxy) is 1. The van der Waals surface area contributed by atoms with E-state index in [4.69, 9.17) is 5.73 Å². The van der Waals surface area contributed by atoms with Gasteiger partial charge in [0.1, 0.15) is 5.65 Å². The maximum absolute atomic E-state index is 11.9. The number of rotatable bonds is 5. The maximum atomic E-state index is 11.9. The Bertz CT molecular complexity index is 551. The Hall–Kier alpha value is -1.60. The minimum Gasteiger partial charge on any atom is -0.330 e. The number of pyridine rings is 1. The summed E-state index contributed by atoms with van der Waals surface area (Å²) in [7, 11) is 0. The van der Waals surface area contributed by atoms with Gasteiger partial charge >= 0.3 is 6.36 Å². The molecule has 0 fully saturated rings. The molecule has 0 amide bonds. The first kappa shape index (κ1) is 13.8. The first-order valence-electron chi connectivity index (χ1n) is 5.85. The van der Waals surface area contributed by atoms with Crippen molar-refractivity contribution in [1.29, 1.82) is 0 Å². The second-order valence-corrected chi connectivity index (χ2v) is 4.06. The minimum absolute atomic E-state index is 0.0948. The van der Waals surface area contributed by atoms with Gasteiger partial charge in [0.25, 0.3) is 0 Å². The van der Waals surface area contributed by atoms with E-state index in [9.17, 15) is 13.2 Å². The van der Waals surface area contributed by atoms with Crippen LogP contribution in [0.2, 0.25) is 0 Å². The number of nitrogens with two attached hydrogens (primary N) is 1. The van der Waals surface area contributed by atoms with Gasteiger partial charge in [0.2, 0.25) is 0 Å². The van der Waals surface area contributed by atoms with E-state index >= 15 is 0 Å². The van der Waals surface area contributed by atoms with E-state index in [1.165, 1.54) is 0 Å². The van der Waals surface area contributed by atoms with E-state index in [0.29, 0.717) is 18.6 Å². The molecule has 4 nitrogen and oxygen atoms in total. The largest absolute Gasteiger partial charge is 0.522 e. The summed E-state index contributed by atoms with van der Waals surface area (Å²) < 4.78 is 41.2. The quantitative estimate of drug-likeness (QED) is 0.907. The van der Waals surface area contributed by atoms with Crippen molar-refractivity contribution in [3.8, 4) is 0 Å². The number of aromatic nitrogens is 2. The summed E-state index contributed by atoms with van der Waals surface area (Å²) in [5, 5.41) is 0.917. The third kappa shape index (κ3) is 3.45. The van der Waals surface area contributed by atoms with Crippen LogP contribution in [0.15, 0.2) is 24.5 Å².